The largest absolute Gasteiger partial charge is 0.462 e. The Morgan fingerprint density at radius 2 is 0.470 bits per heavy atom. The van der Waals surface area contributed by atoms with Crippen LogP contribution >= 0.6 is 0 Å². The molecule has 0 saturated heterocycles. The van der Waals surface area contributed by atoms with Crippen molar-refractivity contribution in [1.82, 2.24) is 0 Å². The molecule has 0 aromatic carbocycles. The summed E-state index contributed by atoms with van der Waals surface area (Å²) in [5.41, 5.74) is 0. The van der Waals surface area contributed by atoms with E-state index in [1.807, 2.05) is 0 Å². The highest BCUT2D eigenvalue weighted by Gasteiger charge is 2.20. The van der Waals surface area contributed by atoms with E-state index < -0.39 is 6.10 Å². The second-order valence-electron chi connectivity index (χ2n) is 25.2. The number of hydrogen-bond acceptors (Lipinski definition) is 6. The van der Waals surface area contributed by atoms with E-state index in [0.29, 0.717) is 19.3 Å². The van der Waals surface area contributed by atoms with Gasteiger partial charge in [-0.2, -0.15) is 0 Å². The number of carbonyl (C=O) groups is 3. The van der Waals surface area contributed by atoms with E-state index in [1.54, 1.807) is 0 Å². The third kappa shape index (κ3) is 70.0. The average Bonchev–Trinajstić information content (AvgIpc) is 3.49. The van der Waals surface area contributed by atoms with Gasteiger partial charge in [0.15, 0.2) is 6.10 Å². The van der Waals surface area contributed by atoms with Gasteiger partial charge in [-0.3, -0.25) is 14.4 Å². The fourth-order valence-electron chi connectivity index (χ4n) is 11.3. The molecule has 0 aromatic rings. The van der Waals surface area contributed by atoms with E-state index in [9.17, 15) is 14.4 Å². The SMILES string of the molecule is CC/C=C\C/C=C\C/C=C\C/C=C\CCCCCCCCCCC(=O)OCC(COC(=O)CCCCCCCCCCCCCCCCCCCCCCCC)OC(=O)CCCCCCCCCCCCCCCCCCCCCCCC. The predicted molar refractivity (Wildman–Crippen MR) is 362 cm³/mol. The van der Waals surface area contributed by atoms with Gasteiger partial charge in [0.1, 0.15) is 13.2 Å². The van der Waals surface area contributed by atoms with Crippen molar-refractivity contribution >= 4 is 17.9 Å². The van der Waals surface area contributed by atoms with Crippen molar-refractivity contribution in [1.29, 1.82) is 0 Å². The van der Waals surface area contributed by atoms with Crippen molar-refractivity contribution in [2.75, 3.05) is 13.2 Å². The van der Waals surface area contributed by atoms with E-state index in [-0.39, 0.29) is 31.1 Å². The van der Waals surface area contributed by atoms with Gasteiger partial charge >= 0.3 is 17.9 Å². The van der Waals surface area contributed by atoms with Crippen molar-refractivity contribution in [3.05, 3.63) is 48.6 Å². The van der Waals surface area contributed by atoms with Gasteiger partial charge in [0.2, 0.25) is 0 Å². The summed E-state index contributed by atoms with van der Waals surface area (Å²) in [7, 11) is 0. The molecule has 0 spiro atoms. The summed E-state index contributed by atoms with van der Waals surface area (Å²) in [5, 5.41) is 0. The van der Waals surface area contributed by atoms with Crippen LogP contribution in [0, 0.1) is 0 Å². The topological polar surface area (TPSA) is 78.9 Å². The molecule has 0 aromatic heterocycles. The number of carbonyl (C=O) groups excluding carboxylic acids is 3. The summed E-state index contributed by atoms with van der Waals surface area (Å²) in [6, 6.07) is 0. The highest BCUT2D eigenvalue weighted by Crippen LogP contribution is 2.19. The smallest absolute Gasteiger partial charge is 0.306 e. The molecular formula is C77H142O6. The second-order valence-corrected chi connectivity index (χ2v) is 25.2. The van der Waals surface area contributed by atoms with Gasteiger partial charge < -0.3 is 14.2 Å². The monoisotopic (exact) mass is 1160 g/mol. The minimum absolute atomic E-state index is 0.0695. The number of ether oxygens (including phenoxy) is 3. The van der Waals surface area contributed by atoms with E-state index in [1.165, 1.54) is 276 Å². The highest BCUT2D eigenvalue weighted by atomic mass is 16.6. The molecule has 1 unspecified atom stereocenters. The average molecular weight is 1160 g/mol. The predicted octanol–water partition coefficient (Wildman–Crippen LogP) is 25.7. The molecule has 0 amide bonds. The van der Waals surface area contributed by atoms with E-state index in [2.05, 4.69) is 69.4 Å². The molecule has 0 bridgehead atoms. The van der Waals surface area contributed by atoms with Crippen LogP contribution in [0.1, 0.15) is 406 Å². The Morgan fingerprint density at radius 1 is 0.253 bits per heavy atom. The molecule has 0 heterocycles. The molecule has 6 nitrogen and oxygen atoms in total. The molecule has 486 valence electrons. The van der Waals surface area contributed by atoms with Crippen molar-refractivity contribution < 1.29 is 28.6 Å². The van der Waals surface area contributed by atoms with Gasteiger partial charge in [0.25, 0.3) is 0 Å². The van der Waals surface area contributed by atoms with Gasteiger partial charge in [-0.25, -0.2) is 0 Å². The van der Waals surface area contributed by atoms with E-state index >= 15 is 0 Å². The van der Waals surface area contributed by atoms with Gasteiger partial charge in [0, 0.05) is 19.3 Å². The zero-order chi connectivity index (χ0) is 59.9. The molecule has 0 aliphatic carbocycles. The zero-order valence-corrected chi connectivity index (χ0v) is 56.0. The first-order valence-corrected chi connectivity index (χ1v) is 37.1. The van der Waals surface area contributed by atoms with Crippen LogP contribution in [0.4, 0.5) is 0 Å². The summed E-state index contributed by atoms with van der Waals surface area (Å²) in [6.45, 7) is 6.61. The Balaban J connectivity index is 4.32. The van der Waals surface area contributed by atoms with Crippen LogP contribution in [0.3, 0.4) is 0 Å². The molecule has 83 heavy (non-hydrogen) atoms. The summed E-state index contributed by atoms with van der Waals surface area (Å²) in [5.74, 6) is -0.844. The first kappa shape index (κ1) is 80.4. The minimum Gasteiger partial charge on any atom is -0.462 e. The van der Waals surface area contributed by atoms with Crippen molar-refractivity contribution in [2.24, 2.45) is 0 Å². The molecule has 0 fully saturated rings. The second kappa shape index (κ2) is 71.8. The molecule has 0 saturated carbocycles. The summed E-state index contributed by atoms with van der Waals surface area (Å²) in [4.78, 5) is 38.6. The number of unbranched alkanes of at least 4 members (excludes halogenated alkanes) is 50. The normalized spacial score (nSPS) is 12.3. The van der Waals surface area contributed by atoms with E-state index in [4.69, 9.17) is 14.2 Å². The van der Waals surface area contributed by atoms with Crippen LogP contribution < -0.4 is 0 Å². The molecule has 6 heteroatoms. The van der Waals surface area contributed by atoms with Crippen molar-refractivity contribution in [2.45, 2.75) is 412 Å². The Morgan fingerprint density at radius 3 is 0.735 bits per heavy atom. The third-order valence-electron chi connectivity index (χ3n) is 16.8. The molecule has 0 N–H and O–H groups in total. The lowest BCUT2D eigenvalue weighted by Crippen LogP contribution is -2.30. The number of esters is 3. The van der Waals surface area contributed by atoms with Crippen LogP contribution in [0.2, 0.25) is 0 Å². The lowest BCUT2D eigenvalue weighted by Gasteiger charge is -2.18. The minimum atomic E-state index is -0.775. The van der Waals surface area contributed by atoms with Crippen LogP contribution in [0.5, 0.6) is 0 Å². The quantitative estimate of drug-likeness (QED) is 0.0261. The number of hydrogen-bond donors (Lipinski definition) is 0. The van der Waals surface area contributed by atoms with Crippen LogP contribution in [-0.2, 0) is 28.6 Å². The van der Waals surface area contributed by atoms with Gasteiger partial charge in [-0.05, 0) is 57.8 Å². The van der Waals surface area contributed by atoms with Crippen LogP contribution in [0.15, 0.2) is 48.6 Å². The van der Waals surface area contributed by atoms with Crippen molar-refractivity contribution in [3.63, 3.8) is 0 Å². The van der Waals surface area contributed by atoms with Crippen LogP contribution in [-0.4, -0.2) is 37.2 Å². The first-order chi connectivity index (χ1) is 41.0. The standard InChI is InChI=1S/C77H142O6/c1-4-7-10-13-16-19-22-25-28-31-34-37-40-43-46-49-52-55-58-61-64-67-70-76(79)82-73-74(72-81-75(78)69-66-63-60-57-54-51-48-45-42-39-36-33-30-27-24-21-18-15-12-9-6-3)83-77(80)71-68-65-62-59-56-53-50-47-44-41-38-35-32-29-26-23-20-17-14-11-8-5-2/h9,12,18,21,27,30,36,39,74H,4-8,10-11,13-17,19-20,22-26,28-29,31-35,37-38,40-73H2,1-3H3/b12-9-,21-18-,30-27-,39-36-. The Labute approximate surface area is 518 Å². The van der Waals surface area contributed by atoms with Gasteiger partial charge in [-0.15, -0.1) is 0 Å². The molecule has 0 rings (SSSR count). The zero-order valence-electron chi connectivity index (χ0n) is 56.0. The summed E-state index contributed by atoms with van der Waals surface area (Å²) >= 11 is 0. The van der Waals surface area contributed by atoms with Gasteiger partial charge in [-0.1, -0.05) is 378 Å². The van der Waals surface area contributed by atoms with Gasteiger partial charge in [0.05, 0.1) is 0 Å². The highest BCUT2D eigenvalue weighted by molar-refractivity contribution is 5.71. The van der Waals surface area contributed by atoms with Crippen molar-refractivity contribution in [3.8, 4) is 0 Å². The van der Waals surface area contributed by atoms with E-state index in [0.717, 1.165) is 89.9 Å². The fourth-order valence-corrected chi connectivity index (χ4v) is 11.3. The van der Waals surface area contributed by atoms with Crippen LogP contribution in [0.25, 0.3) is 0 Å². The molecule has 0 aliphatic rings. The molecular weight excluding hydrogens is 1020 g/mol. The molecule has 0 radical (unpaired) electrons. The lowest BCUT2D eigenvalue weighted by molar-refractivity contribution is -0.167. The maximum atomic E-state index is 13.0. The molecule has 0 aliphatic heterocycles. The summed E-state index contributed by atoms with van der Waals surface area (Å²) in [6.07, 6.45) is 91.5. The molecule has 1 atom stereocenters. The lowest BCUT2D eigenvalue weighted by atomic mass is 10.0. The maximum Gasteiger partial charge on any atom is 0.306 e. The summed E-state index contributed by atoms with van der Waals surface area (Å²) < 4.78 is 17.0. The Hall–Kier alpha value is -2.63. The first-order valence-electron chi connectivity index (χ1n) is 37.1. The number of rotatable bonds is 69. The fraction of sp³-hybridized carbons (Fsp3) is 0.857. The Kier molecular flexibility index (Phi) is 69.6. The maximum absolute atomic E-state index is 13.0. The Bertz CT molecular complexity index is 1430. The number of allylic oxidation sites excluding steroid dienone is 8. The third-order valence-corrected chi connectivity index (χ3v) is 16.8.